The van der Waals surface area contributed by atoms with Crippen LogP contribution in [0, 0.1) is 5.92 Å². The molecule has 1 aromatic rings. The highest BCUT2D eigenvalue weighted by molar-refractivity contribution is 5.08. The second kappa shape index (κ2) is 6.01. The van der Waals surface area contributed by atoms with Crippen LogP contribution < -0.4 is 5.73 Å². The van der Waals surface area contributed by atoms with E-state index in [0.717, 1.165) is 30.5 Å². The van der Waals surface area contributed by atoms with E-state index in [0.29, 0.717) is 13.0 Å². The van der Waals surface area contributed by atoms with Gasteiger partial charge in [-0.15, -0.1) is 0 Å². The fraction of sp³-hybridized carbons (Fsp3) is 0.857. The van der Waals surface area contributed by atoms with Crippen molar-refractivity contribution in [1.29, 1.82) is 0 Å². The van der Waals surface area contributed by atoms with Gasteiger partial charge in [0.15, 0.2) is 5.82 Å². The van der Waals surface area contributed by atoms with Gasteiger partial charge in [0.25, 0.3) is 0 Å². The second-order valence-electron chi connectivity index (χ2n) is 5.93. The number of nitrogens with zero attached hydrogens (tertiary/aromatic N) is 2. The minimum atomic E-state index is -0.103. The number of methoxy groups -OCH3 is 1. The van der Waals surface area contributed by atoms with Crippen LogP contribution in [0.25, 0.3) is 0 Å². The predicted octanol–water partition coefficient (Wildman–Crippen LogP) is 2.05. The minimum absolute atomic E-state index is 0.102. The Hall–Kier alpha value is -0.940. The molecule has 0 spiro atoms. The van der Waals surface area contributed by atoms with E-state index < -0.39 is 0 Å². The molecule has 1 unspecified atom stereocenters. The van der Waals surface area contributed by atoms with Crippen LogP contribution in [0.1, 0.15) is 51.2 Å². The smallest absolute Gasteiger partial charge is 0.234 e. The molecule has 1 saturated carbocycles. The third-order valence-electron chi connectivity index (χ3n) is 4.42. The number of rotatable bonds is 5. The van der Waals surface area contributed by atoms with Crippen molar-refractivity contribution in [2.24, 2.45) is 11.7 Å². The Bertz CT molecular complexity index is 397. The number of nitrogens with two attached hydrogens (primary N) is 1. The molecule has 0 aromatic carbocycles. The number of ether oxygens (including phenoxy) is 1. The summed E-state index contributed by atoms with van der Waals surface area (Å²) in [6.07, 6.45) is 5.24. The summed E-state index contributed by atoms with van der Waals surface area (Å²) in [4.78, 5) is 4.55. The highest BCUT2D eigenvalue weighted by atomic mass is 16.5. The van der Waals surface area contributed by atoms with E-state index in [4.69, 9.17) is 15.0 Å². The summed E-state index contributed by atoms with van der Waals surface area (Å²) in [7, 11) is 1.69. The molecule has 0 aliphatic heterocycles. The van der Waals surface area contributed by atoms with E-state index in [-0.39, 0.29) is 11.5 Å². The van der Waals surface area contributed by atoms with Crippen molar-refractivity contribution in [3.63, 3.8) is 0 Å². The van der Waals surface area contributed by atoms with Gasteiger partial charge in [0, 0.05) is 20.1 Å². The van der Waals surface area contributed by atoms with Gasteiger partial charge in [-0.2, -0.15) is 4.98 Å². The quantitative estimate of drug-likeness (QED) is 0.883. The van der Waals surface area contributed by atoms with Crippen LogP contribution in [0.2, 0.25) is 0 Å². The third-order valence-corrected chi connectivity index (χ3v) is 4.42. The highest BCUT2D eigenvalue weighted by Gasteiger charge is 2.39. The monoisotopic (exact) mass is 267 g/mol. The van der Waals surface area contributed by atoms with Gasteiger partial charge in [-0.05, 0) is 38.5 Å². The van der Waals surface area contributed by atoms with Crippen molar-refractivity contribution < 1.29 is 9.26 Å². The lowest BCUT2D eigenvalue weighted by molar-refractivity contribution is 0.116. The van der Waals surface area contributed by atoms with Crippen molar-refractivity contribution >= 4 is 0 Å². The Morgan fingerprint density at radius 3 is 2.74 bits per heavy atom. The SMILES string of the molecule is COC(C)Cc1noc(C2(CN)CCC(C)CC2)n1. The zero-order valence-corrected chi connectivity index (χ0v) is 12.2. The largest absolute Gasteiger partial charge is 0.381 e. The molecule has 1 fully saturated rings. The maximum atomic E-state index is 6.00. The van der Waals surface area contributed by atoms with Crippen LogP contribution in [0.5, 0.6) is 0 Å². The third kappa shape index (κ3) is 3.15. The van der Waals surface area contributed by atoms with E-state index in [1.165, 1.54) is 12.8 Å². The van der Waals surface area contributed by atoms with Gasteiger partial charge in [-0.3, -0.25) is 0 Å². The fourth-order valence-corrected chi connectivity index (χ4v) is 2.71. The first kappa shape index (κ1) is 14.5. The lowest BCUT2D eigenvalue weighted by Crippen LogP contribution is -2.39. The standard InChI is InChI=1S/C14H25N3O2/c1-10-4-6-14(9-15,7-5-10)13-16-12(17-19-13)8-11(2)18-3/h10-11H,4-9,15H2,1-3H3. The first-order chi connectivity index (χ1) is 9.09. The molecule has 1 aromatic heterocycles. The predicted molar refractivity (Wildman–Crippen MR) is 72.8 cm³/mol. The van der Waals surface area contributed by atoms with Crippen LogP contribution >= 0.6 is 0 Å². The topological polar surface area (TPSA) is 74.2 Å². The lowest BCUT2D eigenvalue weighted by Gasteiger charge is -2.35. The Morgan fingerprint density at radius 1 is 1.47 bits per heavy atom. The van der Waals surface area contributed by atoms with E-state index in [1.54, 1.807) is 7.11 Å². The summed E-state index contributed by atoms with van der Waals surface area (Å²) in [6.45, 7) is 4.87. The number of aromatic nitrogens is 2. The normalized spacial score (nSPS) is 29.4. The molecular weight excluding hydrogens is 242 g/mol. The van der Waals surface area contributed by atoms with Gasteiger partial charge in [-0.25, -0.2) is 0 Å². The molecular formula is C14H25N3O2. The fourth-order valence-electron chi connectivity index (χ4n) is 2.71. The van der Waals surface area contributed by atoms with E-state index in [1.807, 2.05) is 6.92 Å². The van der Waals surface area contributed by atoms with Gasteiger partial charge in [-0.1, -0.05) is 12.1 Å². The molecule has 0 saturated heterocycles. The first-order valence-corrected chi connectivity index (χ1v) is 7.15. The van der Waals surface area contributed by atoms with Crippen LogP contribution in [-0.4, -0.2) is 29.9 Å². The molecule has 2 N–H and O–H groups in total. The number of hydrogen-bond donors (Lipinski definition) is 1. The van der Waals surface area contributed by atoms with Gasteiger partial charge in [0.2, 0.25) is 5.89 Å². The van der Waals surface area contributed by atoms with E-state index >= 15 is 0 Å². The summed E-state index contributed by atoms with van der Waals surface area (Å²) in [5.41, 5.74) is 5.90. The van der Waals surface area contributed by atoms with Crippen molar-refractivity contribution in [2.75, 3.05) is 13.7 Å². The maximum absolute atomic E-state index is 6.00. The second-order valence-corrected chi connectivity index (χ2v) is 5.93. The average Bonchev–Trinajstić information content (AvgIpc) is 2.89. The molecule has 2 rings (SSSR count). The Balaban J connectivity index is 2.11. The van der Waals surface area contributed by atoms with Crippen molar-refractivity contribution in [2.45, 2.75) is 57.5 Å². The molecule has 1 atom stereocenters. The summed E-state index contributed by atoms with van der Waals surface area (Å²) in [5.74, 6) is 2.21. The maximum Gasteiger partial charge on any atom is 0.234 e. The lowest BCUT2D eigenvalue weighted by atomic mass is 9.71. The Kier molecular flexibility index (Phi) is 4.58. The van der Waals surface area contributed by atoms with Crippen LogP contribution in [0.4, 0.5) is 0 Å². The summed E-state index contributed by atoms with van der Waals surface area (Å²) in [5, 5.41) is 4.07. The van der Waals surface area contributed by atoms with E-state index in [2.05, 4.69) is 17.1 Å². The molecule has 1 heterocycles. The molecule has 5 nitrogen and oxygen atoms in total. The van der Waals surface area contributed by atoms with Gasteiger partial charge in [0.1, 0.15) is 0 Å². The first-order valence-electron chi connectivity index (χ1n) is 7.15. The molecule has 1 aliphatic rings. The molecule has 0 radical (unpaired) electrons. The Labute approximate surface area is 114 Å². The number of hydrogen-bond acceptors (Lipinski definition) is 5. The highest BCUT2D eigenvalue weighted by Crippen LogP contribution is 2.40. The van der Waals surface area contributed by atoms with Crippen molar-refractivity contribution in [3.05, 3.63) is 11.7 Å². The molecule has 5 heteroatoms. The summed E-state index contributed by atoms with van der Waals surface area (Å²) >= 11 is 0. The average molecular weight is 267 g/mol. The van der Waals surface area contributed by atoms with Gasteiger partial charge < -0.3 is 15.0 Å². The summed E-state index contributed by atoms with van der Waals surface area (Å²) in [6, 6.07) is 0. The van der Waals surface area contributed by atoms with Crippen LogP contribution in [0.3, 0.4) is 0 Å². The van der Waals surface area contributed by atoms with Crippen LogP contribution in [0.15, 0.2) is 4.52 Å². The van der Waals surface area contributed by atoms with Crippen molar-refractivity contribution in [1.82, 2.24) is 10.1 Å². The molecule has 1 aliphatic carbocycles. The molecule has 0 amide bonds. The van der Waals surface area contributed by atoms with E-state index in [9.17, 15) is 0 Å². The van der Waals surface area contributed by atoms with Crippen LogP contribution in [-0.2, 0) is 16.6 Å². The Morgan fingerprint density at radius 2 is 2.16 bits per heavy atom. The van der Waals surface area contributed by atoms with Crippen molar-refractivity contribution in [3.8, 4) is 0 Å². The summed E-state index contributed by atoms with van der Waals surface area (Å²) < 4.78 is 10.7. The van der Waals surface area contributed by atoms with Gasteiger partial charge in [0.05, 0.1) is 11.5 Å². The molecule has 0 bridgehead atoms. The molecule has 19 heavy (non-hydrogen) atoms. The van der Waals surface area contributed by atoms with Gasteiger partial charge >= 0.3 is 0 Å². The zero-order chi connectivity index (χ0) is 13.9. The zero-order valence-electron chi connectivity index (χ0n) is 12.2. The molecule has 108 valence electrons. The minimum Gasteiger partial charge on any atom is -0.381 e.